The molecule has 1 aromatic rings. The largest absolute Gasteiger partial charge is 0.395 e. The molecule has 0 saturated heterocycles. The number of aliphatic hydroxyl groups is 1. The molecule has 0 radical (unpaired) electrons. The molecule has 0 amide bonds. The molecule has 0 bridgehead atoms. The zero-order valence-corrected chi connectivity index (χ0v) is 7.98. The summed E-state index contributed by atoms with van der Waals surface area (Å²) in [5, 5.41) is 9.08. The highest BCUT2D eigenvalue weighted by Gasteiger charge is 2.43. The number of hydrogen-bond donors (Lipinski definition) is 1. The van der Waals surface area contributed by atoms with Crippen molar-refractivity contribution in [2.45, 2.75) is 22.5 Å². The fourth-order valence-electron chi connectivity index (χ4n) is 1.18. The highest BCUT2D eigenvalue weighted by atomic mass is 32.2. The molecule has 1 fully saturated rings. The molecule has 1 nitrogen and oxygen atoms in total. The Labute approximate surface area is 81.0 Å². The van der Waals surface area contributed by atoms with Gasteiger partial charge >= 0.3 is 0 Å². The predicted molar refractivity (Wildman–Crippen MR) is 51.3 cm³/mol. The van der Waals surface area contributed by atoms with Gasteiger partial charge in [0.2, 0.25) is 0 Å². The van der Waals surface area contributed by atoms with Gasteiger partial charge in [-0.3, -0.25) is 0 Å². The zero-order chi connectivity index (χ0) is 9.31. The van der Waals surface area contributed by atoms with Gasteiger partial charge in [-0.05, 0) is 37.1 Å². The third kappa shape index (κ3) is 2.03. The topological polar surface area (TPSA) is 20.2 Å². The van der Waals surface area contributed by atoms with Gasteiger partial charge in [0.15, 0.2) is 0 Å². The van der Waals surface area contributed by atoms with Crippen LogP contribution < -0.4 is 0 Å². The van der Waals surface area contributed by atoms with Gasteiger partial charge in [-0.15, -0.1) is 11.8 Å². The fraction of sp³-hybridized carbons (Fsp3) is 0.400. The maximum Gasteiger partial charge on any atom is 0.123 e. The second-order valence-electron chi connectivity index (χ2n) is 3.40. The summed E-state index contributed by atoms with van der Waals surface area (Å²) in [6, 6.07) is 6.43. The SMILES string of the molecule is OCC1(Sc2ccc(F)cc2)CC1. The molecule has 0 unspecified atom stereocenters. The molecular formula is C10H11FOS. The van der Waals surface area contributed by atoms with Gasteiger partial charge < -0.3 is 5.11 Å². The Kier molecular flexibility index (Phi) is 2.30. The molecule has 0 spiro atoms. The van der Waals surface area contributed by atoms with Crippen molar-refractivity contribution in [1.82, 2.24) is 0 Å². The van der Waals surface area contributed by atoms with Crippen LogP contribution in [0, 0.1) is 5.82 Å². The monoisotopic (exact) mass is 198 g/mol. The molecule has 1 saturated carbocycles. The Hall–Kier alpha value is -0.540. The second-order valence-corrected chi connectivity index (χ2v) is 4.94. The first-order valence-corrected chi connectivity index (χ1v) is 5.11. The Balaban J connectivity index is 2.06. The van der Waals surface area contributed by atoms with Gasteiger partial charge in [-0.1, -0.05) is 0 Å². The highest BCUT2D eigenvalue weighted by molar-refractivity contribution is 8.01. The van der Waals surface area contributed by atoms with Gasteiger partial charge in [0.1, 0.15) is 5.82 Å². The minimum Gasteiger partial charge on any atom is -0.395 e. The summed E-state index contributed by atoms with van der Waals surface area (Å²) in [4.78, 5) is 1.04. The molecule has 13 heavy (non-hydrogen) atoms. The summed E-state index contributed by atoms with van der Waals surface area (Å²) in [5.74, 6) is -0.210. The lowest BCUT2D eigenvalue weighted by Gasteiger charge is -2.10. The van der Waals surface area contributed by atoms with Crippen LogP contribution in [-0.2, 0) is 0 Å². The van der Waals surface area contributed by atoms with E-state index in [1.807, 2.05) is 0 Å². The van der Waals surface area contributed by atoms with Crippen LogP contribution >= 0.6 is 11.8 Å². The highest BCUT2D eigenvalue weighted by Crippen LogP contribution is 2.51. The summed E-state index contributed by atoms with van der Waals surface area (Å²) >= 11 is 1.65. The Bertz CT molecular complexity index is 292. The van der Waals surface area contributed by atoms with E-state index in [0.717, 1.165) is 17.7 Å². The number of aliphatic hydroxyl groups excluding tert-OH is 1. The molecule has 1 aliphatic carbocycles. The van der Waals surface area contributed by atoms with E-state index in [2.05, 4.69) is 0 Å². The van der Waals surface area contributed by atoms with Crippen LogP contribution in [0.15, 0.2) is 29.2 Å². The van der Waals surface area contributed by atoms with Gasteiger partial charge in [0.05, 0.1) is 6.61 Å². The van der Waals surface area contributed by atoms with Crippen molar-refractivity contribution >= 4 is 11.8 Å². The van der Waals surface area contributed by atoms with Crippen LogP contribution in [0.4, 0.5) is 4.39 Å². The van der Waals surface area contributed by atoms with E-state index in [1.165, 1.54) is 12.1 Å². The normalized spacial score (nSPS) is 18.6. The van der Waals surface area contributed by atoms with Crippen molar-refractivity contribution in [3.05, 3.63) is 30.1 Å². The van der Waals surface area contributed by atoms with E-state index < -0.39 is 0 Å². The molecule has 0 heterocycles. The summed E-state index contributed by atoms with van der Waals surface area (Å²) in [6.45, 7) is 0.217. The van der Waals surface area contributed by atoms with E-state index in [4.69, 9.17) is 5.11 Å². The van der Waals surface area contributed by atoms with Crippen molar-refractivity contribution in [3.8, 4) is 0 Å². The van der Waals surface area contributed by atoms with Crippen LogP contribution in [0.2, 0.25) is 0 Å². The van der Waals surface area contributed by atoms with Crippen molar-refractivity contribution in [3.63, 3.8) is 0 Å². The molecule has 0 atom stereocenters. The minimum absolute atomic E-state index is 0.0395. The lowest BCUT2D eigenvalue weighted by molar-refractivity contribution is 0.289. The third-order valence-electron chi connectivity index (χ3n) is 2.24. The van der Waals surface area contributed by atoms with Crippen molar-refractivity contribution in [2.75, 3.05) is 6.61 Å². The molecule has 70 valence electrons. The zero-order valence-electron chi connectivity index (χ0n) is 7.16. The molecule has 1 N–H and O–H groups in total. The van der Waals surface area contributed by atoms with Crippen LogP contribution in [0.3, 0.4) is 0 Å². The molecule has 0 aliphatic heterocycles. The van der Waals surface area contributed by atoms with Crippen LogP contribution in [0.1, 0.15) is 12.8 Å². The van der Waals surface area contributed by atoms with Gasteiger partial charge in [-0.25, -0.2) is 4.39 Å². The number of thioether (sulfide) groups is 1. The van der Waals surface area contributed by atoms with Crippen molar-refractivity contribution < 1.29 is 9.50 Å². The molecule has 2 rings (SSSR count). The summed E-state index contributed by atoms with van der Waals surface area (Å²) in [7, 11) is 0. The molecule has 0 aromatic heterocycles. The third-order valence-corrected chi connectivity index (χ3v) is 3.72. The van der Waals surface area contributed by atoms with Gasteiger partial charge in [-0.2, -0.15) is 0 Å². The molecule has 1 aromatic carbocycles. The number of halogens is 1. The molecule has 3 heteroatoms. The van der Waals surface area contributed by atoms with Gasteiger partial charge in [0, 0.05) is 9.64 Å². The van der Waals surface area contributed by atoms with E-state index in [-0.39, 0.29) is 17.2 Å². The number of benzene rings is 1. The van der Waals surface area contributed by atoms with E-state index in [1.54, 1.807) is 23.9 Å². The quantitative estimate of drug-likeness (QED) is 0.805. The Morgan fingerprint density at radius 2 is 1.92 bits per heavy atom. The Morgan fingerprint density at radius 3 is 2.38 bits per heavy atom. The molecule has 1 aliphatic rings. The van der Waals surface area contributed by atoms with E-state index >= 15 is 0 Å². The number of rotatable bonds is 3. The van der Waals surface area contributed by atoms with E-state index in [0.29, 0.717) is 0 Å². The summed E-state index contributed by atoms with van der Waals surface area (Å²) < 4.78 is 12.6. The predicted octanol–water partition coefficient (Wildman–Crippen LogP) is 2.44. The first kappa shape index (κ1) is 9.03. The second kappa shape index (κ2) is 3.31. The lowest BCUT2D eigenvalue weighted by Crippen LogP contribution is -2.07. The van der Waals surface area contributed by atoms with Crippen LogP contribution in [0.25, 0.3) is 0 Å². The average Bonchev–Trinajstić information content (AvgIpc) is 2.90. The maximum absolute atomic E-state index is 12.6. The van der Waals surface area contributed by atoms with Crippen LogP contribution in [0.5, 0.6) is 0 Å². The summed E-state index contributed by atoms with van der Waals surface area (Å²) in [6.07, 6.45) is 2.12. The molecular weight excluding hydrogens is 187 g/mol. The fourth-order valence-corrected chi connectivity index (χ4v) is 2.33. The first-order chi connectivity index (χ1) is 6.24. The number of hydrogen-bond acceptors (Lipinski definition) is 2. The Morgan fingerprint density at radius 1 is 1.31 bits per heavy atom. The minimum atomic E-state index is -0.210. The van der Waals surface area contributed by atoms with Crippen molar-refractivity contribution in [1.29, 1.82) is 0 Å². The first-order valence-electron chi connectivity index (χ1n) is 4.30. The van der Waals surface area contributed by atoms with Gasteiger partial charge in [0.25, 0.3) is 0 Å². The van der Waals surface area contributed by atoms with E-state index in [9.17, 15) is 4.39 Å². The average molecular weight is 198 g/mol. The standard InChI is InChI=1S/C10H11FOS/c11-8-1-3-9(4-2-8)13-10(7-12)5-6-10/h1-4,12H,5-7H2. The lowest BCUT2D eigenvalue weighted by atomic mass is 10.3. The smallest absolute Gasteiger partial charge is 0.123 e. The van der Waals surface area contributed by atoms with Crippen LogP contribution in [-0.4, -0.2) is 16.5 Å². The maximum atomic E-state index is 12.6. The summed E-state index contributed by atoms with van der Waals surface area (Å²) in [5.41, 5.74) is 0. The van der Waals surface area contributed by atoms with Crippen molar-refractivity contribution in [2.24, 2.45) is 0 Å².